The normalized spacial score (nSPS) is 15.0. The number of hydrogen-bond acceptors (Lipinski definition) is 5. The minimum absolute atomic E-state index is 0.170. The molecular weight excluding hydrogens is 499 g/mol. The number of thiophene rings is 1. The van der Waals surface area contributed by atoms with E-state index in [-0.39, 0.29) is 11.9 Å². The number of benzene rings is 2. The maximum atomic E-state index is 12.8. The molecule has 29 heavy (non-hydrogen) atoms. The molecule has 144 valence electrons. The number of esters is 1. The third-order valence-corrected chi connectivity index (χ3v) is 5.83. The molecule has 1 aliphatic heterocycles. The summed E-state index contributed by atoms with van der Waals surface area (Å²) in [6.07, 6.45) is 1.79. The Balaban J connectivity index is 1.50. The van der Waals surface area contributed by atoms with Crippen molar-refractivity contribution < 1.29 is 14.3 Å². The molecule has 5 nitrogen and oxygen atoms in total. The molecule has 4 rings (SSSR count). The van der Waals surface area contributed by atoms with Gasteiger partial charge in [-0.2, -0.15) is 10.1 Å². The Kier molecular flexibility index (Phi) is 5.59. The van der Waals surface area contributed by atoms with E-state index in [0.717, 1.165) is 14.8 Å². The summed E-state index contributed by atoms with van der Waals surface area (Å²) in [6.45, 7) is 1.81. The van der Waals surface area contributed by atoms with Gasteiger partial charge in [-0.15, -0.1) is 11.3 Å². The molecule has 0 atom stereocenters. The van der Waals surface area contributed by atoms with E-state index in [1.165, 1.54) is 16.3 Å². The first kappa shape index (κ1) is 19.5. The summed E-state index contributed by atoms with van der Waals surface area (Å²) in [4.78, 5) is 25.4. The first-order valence-electron chi connectivity index (χ1n) is 8.74. The molecule has 0 N–H and O–H groups in total. The average Bonchev–Trinajstić information content (AvgIpc) is 3.35. The lowest BCUT2D eigenvalue weighted by molar-refractivity contribution is -0.114. The molecule has 7 heteroatoms. The SMILES string of the molecule is CC1=NN(c2ccc(I)cc2)C(=O)/C1=C\c1ccc(OC(=O)c2cccs2)cc1. The van der Waals surface area contributed by atoms with Crippen LogP contribution in [0.1, 0.15) is 22.2 Å². The Labute approximate surface area is 185 Å². The van der Waals surface area contributed by atoms with Crippen molar-refractivity contribution in [2.24, 2.45) is 5.10 Å². The monoisotopic (exact) mass is 514 g/mol. The number of hydrogen-bond donors (Lipinski definition) is 0. The van der Waals surface area contributed by atoms with Crippen molar-refractivity contribution in [1.82, 2.24) is 0 Å². The summed E-state index contributed by atoms with van der Waals surface area (Å²) < 4.78 is 6.45. The molecule has 0 unspecified atom stereocenters. The number of carbonyl (C=O) groups excluding carboxylic acids is 2. The Hall–Kier alpha value is -2.78. The predicted molar refractivity (Wildman–Crippen MR) is 123 cm³/mol. The van der Waals surface area contributed by atoms with Gasteiger partial charge < -0.3 is 4.74 Å². The van der Waals surface area contributed by atoms with Crippen LogP contribution in [-0.4, -0.2) is 17.6 Å². The van der Waals surface area contributed by atoms with Gasteiger partial charge >= 0.3 is 5.97 Å². The number of rotatable bonds is 4. The molecule has 0 spiro atoms. The van der Waals surface area contributed by atoms with Gasteiger partial charge in [0.1, 0.15) is 10.6 Å². The summed E-state index contributed by atoms with van der Waals surface area (Å²) in [5.74, 6) is -0.0978. The Morgan fingerprint density at radius 3 is 2.48 bits per heavy atom. The molecule has 3 aromatic rings. The van der Waals surface area contributed by atoms with Crippen molar-refractivity contribution in [2.45, 2.75) is 6.92 Å². The van der Waals surface area contributed by atoms with Gasteiger partial charge in [0.05, 0.1) is 17.0 Å². The lowest BCUT2D eigenvalue weighted by Gasteiger charge is -2.11. The van der Waals surface area contributed by atoms with Gasteiger partial charge in [0.25, 0.3) is 5.91 Å². The van der Waals surface area contributed by atoms with E-state index in [1.54, 1.807) is 42.5 Å². The van der Waals surface area contributed by atoms with E-state index >= 15 is 0 Å². The maximum Gasteiger partial charge on any atom is 0.353 e. The van der Waals surface area contributed by atoms with Crippen molar-refractivity contribution in [1.29, 1.82) is 0 Å². The van der Waals surface area contributed by atoms with Crippen molar-refractivity contribution in [3.8, 4) is 5.75 Å². The van der Waals surface area contributed by atoms with E-state index in [9.17, 15) is 9.59 Å². The number of amides is 1. The van der Waals surface area contributed by atoms with Crippen LogP contribution >= 0.6 is 33.9 Å². The number of carbonyl (C=O) groups is 2. The largest absolute Gasteiger partial charge is 0.422 e. The zero-order valence-electron chi connectivity index (χ0n) is 15.3. The Morgan fingerprint density at radius 1 is 1.10 bits per heavy atom. The highest BCUT2D eigenvalue weighted by Crippen LogP contribution is 2.26. The van der Waals surface area contributed by atoms with Crippen LogP contribution in [0.3, 0.4) is 0 Å². The predicted octanol–water partition coefficient (Wildman–Crippen LogP) is 5.38. The third-order valence-electron chi connectivity index (χ3n) is 4.26. The van der Waals surface area contributed by atoms with Crippen molar-refractivity contribution in [2.75, 3.05) is 5.01 Å². The van der Waals surface area contributed by atoms with Gasteiger partial charge in [0.15, 0.2) is 0 Å². The fraction of sp³-hybridized carbons (Fsp3) is 0.0455. The molecular formula is C22H15IN2O3S. The summed E-state index contributed by atoms with van der Waals surface area (Å²) in [5.41, 5.74) is 2.74. The minimum Gasteiger partial charge on any atom is -0.422 e. The summed E-state index contributed by atoms with van der Waals surface area (Å²) >= 11 is 3.55. The van der Waals surface area contributed by atoms with Gasteiger partial charge in [-0.05, 0) is 89.0 Å². The third kappa shape index (κ3) is 4.30. The van der Waals surface area contributed by atoms with Crippen molar-refractivity contribution >= 4 is 63.3 Å². The minimum atomic E-state index is -0.381. The molecule has 0 aliphatic carbocycles. The molecule has 0 fully saturated rings. The van der Waals surface area contributed by atoms with Crippen LogP contribution in [0.15, 0.2) is 76.7 Å². The number of hydrazone groups is 1. The second-order valence-electron chi connectivity index (χ2n) is 6.27. The molecule has 0 saturated heterocycles. The van der Waals surface area contributed by atoms with E-state index in [1.807, 2.05) is 36.6 Å². The lowest BCUT2D eigenvalue weighted by atomic mass is 10.1. The van der Waals surface area contributed by atoms with Crippen LogP contribution in [0, 0.1) is 3.57 Å². The summed E-state index contributed by atoms with van der Waals surface area (Å²) in [5, 5.41) is 7.63. The summed E-state index contributed by atoms with van der Waals surface area (Å²) in [6, 6.07) is 18.2. The highest BCUT2D eigenvalue weighted by molar-refractivity contribution is 14.1. The Bertz CT molecular complexity index is 1120. The Morgan fingerprint density at radius 2 is 1.83 bits per heavy atom. The first-order chi connectivity index (χ1) is 14.0. The van der Waals surface area contributed by atoms with Gasteiger partial charge in [-0.3, -0.25) is 4.79 Å². The van der Waals surface area contributed by atoms with E-state index in [4.69, 9.17) is 4.74 Å². The van der Waals surface area contributed by atoms with Crippen LogP contribution in [0.2, 0.25) is 0 Å². The molecule has 2 aromatic carbocycles. The van der Waals surface area contributed by atoms with Crippen molar-refractivity contribution in [3.63, 3.8) is 0 Å². The fourth-order valence-electron chi connectivity index (χ4n) is 2.79. The molecule has 0 radical (unpaired) electrons. The second kappa shape index (κ2) is 8.30. The number of nitrogens with zero attached hydrogens (tertiary/aromatic N) is 2. The zero-order valence-corrected chi connectivity index (χ0v) is 18.3. The smallest absolute Gasteiger partial charge is 0.353 e. The first-order valence-corrected chi connectivity index (χ1v) is 10.7. The maximum absolute atomic E-state index is 12.8. The van der Waals surface area contributed by atoms with Crippen LogP contribution in [0.5, 0.6) is 5.75 Å². The fourth-order valence-corrected chi connectivity index (χ4v) is 3.75. The number of anilines is 1. The quantitative estimate of drug-likeness (QED) is 0.203. The number of halogens is 1. The highest BCUT2D eigenvalue weighted by atomic mass is 127. The zero-order chi connectivity index (χ0) is 20.4. The van der Waals surface area contributed by atoms with Gasteiger partial charge in [-0.1, -0.05) is 18.2 Å². The average molecular weight is 514 g/mol. The topological polar surface area (TPSA) is 59.0 Å². The van der Waals surface area contributed by atoms with Crippen LogP contribution in [0.25, 0.3) is 6.08 Å². The van der Waals surface area contributed by atoms with E-state index in [2.05, 4.69) is 27.7 Å². The second-order valence-corrected chi connectivity index (χ2v) is 8.47. The molecule has 1 aliphatic rings. The standard InChI is InChI=1S/C22H15IN2O3S/c1-14-19(21(26)25(24-14)17-8-6-16(23)7-9-17)13-15-4-10-18(11-5-15)28-22(27)20-3-2-12-29-20/h2-13H,1H3/b19-13-. The summed E-state index contributed by atoms with van der Waals surface area (Å²) in [7, 11) is 0. The molecule has 0 saturated carbocycles. The number of ether oxygens (including phenoxy) is 1. The van der Waals surface area contributed by atoms with Crippen LogP contribution in [0.4, 0.5) is 5.69 Å². The van der Waals surface area contributed by atoms with Crippen LogP contribution < -0.4 is 9.75 Å². The van der Waals surface area contributed by atoms with E-state index in [0.29, 0.717) is 21.9 Å². The van der Waals surface area contributed by atoms with Gasteiger partial charge in [0, 0.05) is 3.57 Å². The van der Waals surface area contributed by atoms with Gasteiger partial charge in [0.2, 0.25) is 0 Å². The molecule has 1 amide bonds. The lowest BCUT2D eigenvalue weighted by Crippen LogP contribution is -2.21. The van der Waals surface area contributed by atoms with Gasteiger partial charge in [-0.25, -0.2) is 4.79 Å². The van der Waals surface area contributed by atoms with Crippen molar-refractivity contribution in [3.05, 3.63) is 85.6 Å². The molecule has 1 aromatic heterocycles. The highest BCUT2D eigenvalue weighted by Gasteiger charge is 2.28. The molecule has 2 heterocycles. The molecule has 0 bridgehead atoms. The van der Waals surface area contributed by atoms with E-state index < -0.39 is 0 Å². The van der Waals surface area contributed by atoms with Crippen LogP contribution in [-0.2, 0) is 4.79 Å².